The monoisotopic (exact) mass is 303 g/mol. The van der Waals surface area contributed by atoms with Gasteiger partial charge in [-0.2, -0.15) is 9.38 Å². The molecule has 0 radical (unpaired) electrons. The first-order valence-corrected chi connectivity index (χ1v) is 7.32. The predicted molar refractivity (Wildman–Crippen MR) is 80.3 cm³/mol. The molecule has 3 rings (SSSR count). The van der Waals surface area contributed by atoms with E-state index >= 15 is 0 Å². The van der Waals surface area contributed by atoms with Gasteiger partial charge in [-0.25, -0.2) is 0 Å². The van der Waals surface area contributed by atoms with E-state index in [9.17, 15) is 10.1 Å². The van der Waals surface area contributed by atoms with Crippen molar-refractivity contribution in [2.75, 3.05) is 0 Å². The molecule has 0 spiro atoms. The second-order valence-electron chi connectivity index (χ2n) is 4.88. The van der Waals surface area contributed by atoms with Crippen LogP contribution in [0, 0.1) is 10.1 Å². The van der Waals surface area contributed by atoms with E-state index in [1.807, 2.05) is 12.1 Å². The summed E-state index contributed by atoms with van der Waals surface area (Å²) >= 11 is 1.32. The largest absolute Gasteiger partial charge is 0.433 e. The number of nitrogens with zero attached hydrogens (tertiary/aromatic N) is 3. The van der Waals surface area contributed by atoms with Crippen molar-refractivity contribution < 1.29 is 9.66 Å². The van der Waals surface area contributed by atoms with Crippen LogP contribution in [0.3, 0.4) is 0 Å². The molecule has 0 atom stereocenters. The maximum atomic E-state index is 11.2. The van der Waals surface area contributed by atoms with E-state index in [2.05, 4.69) is 18.8 Å². The summed E-state index contributed by atoms with van der Waals surface area (Å²) in [5.74, 6) is 0.822. The fourth-order valence-electron chi connectivity index (χ4n) is 2.02. The Kier molecular flexibility index (Phi) is 3.34. The van der Waals surface area contributed by atoms with Gasteiger partial charge in [0, 0.05) is 5.38 Å². The first kappa shape index (κ1) is 13.6. The maximum Gasteiger partial charge on any atom is 0.393 e. The molecular formula is C14H13N3O3S. The molecule has 0 aliphatic rings. The van der Waals surface area contributed by atoms with Crippen molar-refractivity contribution in [3.05, 3.63) is 51.5 Å². The average molecular weight is 303 g/mol. The molecule has 108 valence electrons. The van der Waals surface area contributed by atoms with Crippen molar-refractivity contribution in [2.45, 2.75) is 19.8 Å². The van der Waals surface area contributed by atoms with Gasteiger partial charge < -0.3 is 14.9 Å². The smallest absolute Gasteiger partial charge is 0.393 e. The fourth-order valence-corrected chi connectivity index (χ4v) is 2.72. The van der Waals surface area contributed by atoms with Gasteiger partial charge in [0.1, 0.15) is 11.9 Å². The molecule has 2 heterocycles. The Morgan fingerprint density at radius 3 is 2.67 bits per heavy atom. The zero-order chi connectivity index (χ0) is 15.0. The van der Waals surface area contributed by atoms with Crippen LogP contribution < -0.4 is 4.74 Å². The molecule has 1 aromatic carbocycles. The molecule has 0 bridgehead atoms. The van der Waals surface area contributed by atoms with E-state index in [0.29, 0.717) is 16.6 Å². The standard InChI is InChI=1S/C14H13N3O3S/c1-9(2)10-3-5-11(6-4-10)20-12-13(17(18)19)16-7-8-21-14(16)15-12/h3-9H,1-2H3. The Hall–Kier alpha value is -2.41. The fraction of sp³-hybridized carbons (Fsp3) is 0.214. The highest BCUT2D eigenvalue weighted by Gasteiger charge is 2.25. The quantitative estimate of drug-likeness (QED) is 0.534. The molecule has 0 amide bonds. The van der Waals surface area contributed by atoms with Gasteiger partial charge in [-0.3, -0.25) is 0 Å². The van der Waals surface area contributed by atoms with Crippen LogP contribution in [0.25, 0.3) is 4.96 Å². The van der Waals surface area contributed by atoms with Crippen LogP contribution in [0.5, 0.6) is 11.6 Å². The van der Waals surface area contributed by atoms with Crippen LogP contribution in [0.1, 0.15) is 25.3 Å². The first-order chi connectivity index (χ1) is 10.1. The maximum absolute atomic E-state index is 11.2. The van der Waals surface area contributed by atoms with Crippen LogP contribution in [-0.2, 0) is 0 Å². The van der Waals surface area contributed by atoms with Gasteiger partial charge in [0.2, 0.25) is 0 Å². The van der Waals surface area contributed by atoms with Crippen molar-refractivity contribution in [2.24, 2.45) is 0 Å². The van der Waals surface area contributed by atoms with Crippen molar-refractivity contribution in [3.63, 3.8) is 0 Å². The number of rotatable bonds is 4. The molecular weight excluding hydrogens is 290 g/mol. The molecule has 6 nitrogen and oxygen atoms in total. The van der Waals surface area contributed by atoms with Crippen molar-refractivity contribution in [3.8, 4) is 11.6 Å². The zero-order valence-corrected chi connectivity index (χ0v) is 12.3. The van der Waals surface area contributed by atoms with Crippen molar-refractivity contribution in [1.29, 1.82) is 0 Å². The summed E-state index contributed by atoms with van der Waals surface area (Å²) in [6.45, 7) is 4.20. The molecule has 0 aliphatic heterocycles. The van der Waals surface area contributed by atoms with E-state index < -0.39 is 4.92 Å². The predicted octanol–water partition coefficient (Wildman–Crippen LogP) is 4.22. The molecule has 0 saturated carbocycles. The van der Waals surface area contributed by atoms with Crippen LogP contribution in [0.2, 0.25) is 0 Å². The summed E-state index contributed by atoms with van der Waals surface area (Å²) in [4.78, 5) is 15.4. The van der Waals surface area contributed by atoms with Gasteiger partial charge >= 0.3 is 11.7 Å². The average Bonchev–Trinajstić information content (AvgIpc) is 2.98. The van der Waals surface area contributed by atoms with E-state index in [1.165, 1.54) is 21.3 Å². The number of fused-ring (bicyclic) bond motifs is 1. The Bertz CT molecular complexity index is 790. The summed E-state index contributed by atoms with van der Waals surface area (Å²) < 4.78 is 7.00. The number of hydrogen-bond donors (Lipinski definition) is 0. The molecule has 0 saturated heterocycles. The highest BCUT2D eigenvalue weighted by Crippen LogP contribution is 2.33. The molecule has 3 aromatic rings. The van der Waals surface area contributed by atoms with Crippen LogP contribution in [-0.4, -0.2) is 14.3 Å². The van der Waals surface area contributed by atoms with E-state index in [0.717, 1.165) is 0 Å². The summed E-state index contributed by atoms with van der Waals surface area (Å²) in [7, 11) is 0. The van der Waals surface area contributed by atoms with Gasteiger partial charge in [0.05, 0.1) is 0 Å². The van der Waals surface area contributed by atoms with Gasteiger partial charge in [0.15, 0.2) is 0 Å². The third-order valence-corrected chi connectivity index (χ3v) is 3.90. The second-order valence-corrected chi connectivity index (χ2v) is 5.75. The lowest BCUT2D eigenvalue weighted by atomic mass is 10.0. The minimum absolute atomic E-state index is 0.0177. The Balaban J connectivity index is 1.95. The lowest BCUT2D eigenvalue weighted by molar-refractivity contribution is -0.391. The van der Waals surface area contributed by atoms with Gasteiger partial charge in [-0.05, 0) is 28.5 Å². The molecule has 0 unspecified atom stereocenters. The molecule has 0 fully saturated rings. The Morgan fingerprint density at radius 2 is 2.05 bits per heavy atom. The summed E-state index contributed by atoms with van der Waals surface area (Å²) in [5.41, 5.74) is 1.18. The van der Waals surface area contributed by atoms with Crippen molar-refractivity contribution >= 4 is 22.1 Å². The number of aromatic nitrogens is 2. The number of nitro groups is 1. The van der Waals surface area contributed by atoms with Crippen LogP contribution in [0.15, 0.2) is 35.8 Å². The van der Waals surface area contributed by atoms with Gasteiger partial charge in [-0.15, -0.1) is 0 Å². The Morgan fingerprint density at radius 1 is 1.33 bits per heavy atom. The number of ether oxygens (including phenoxy) is 1. The van der Waals surface area contributed by atoms with E-state index in [-0.39, 0.29) is 11.7 Å². The van der Waals surface area contributed by atoms with Gasteiger partial charge in [0.25, 0.3) is 4.96 Å². The lowest BCUT2D eigenvalue weighted by Crippen LogP contribution is -1.95. The lowest BCUT2D eigenvalue weighted by Gasteiger charge is -2.06. The van der Waals surface area contributed by atoms with Gasteiger partial charge in [-0.1, -0.05) is 37.3 Å². The van der Waals surface area contributed by atoms with E-state index in [1.54, 1.807) is 23.7 Å². The third-order valence-electron chi connectivity index (χ3n) is 3.14. The Labute approximate surface area is 124 Å². The minimum Gasteiger partial charge on any atom is -0.433 e. The zero-order valence-electron chi connectivity index (χ0n) is 11.5. The topological polar surface area (TPSA) is 69.7 Å². The number of thiazole rings is 1. The van der Waals surface area contributed by atoms with Crippen molar-refractivity contribution in [1.82, 2.24) is 9.38 Å². The molecule has 7 heteroatoms. The summed E-state index contributed by atoms with van der Waals surface area (Å²) in [6, 6.07) is 7.49. The molecule has 2 aromatic heterocycles. The second kappa shape index (κ2) is 5.17. The van der Waals surface area contributed by atoms with E-state index in [4.69, 9.17) is 4.74 Å². The molecule has 0 aliphatic carbocycles. The minimum atomic E-state index is -0.482. The highest BCUT2D eigenvalue weighted by atomic mass is 32.1. The highest BCUT2D eigenvalue weighted by molar-refractivity contribution is 7.15. The van der Waals surface area contributed by atoms with Crippen LogP contribution in [0.4, 0.5) is 5.82 Å². The third kappa shape index (κ3) is 2.47. The SMILES string of the molecule is CC(C)c1ccc(Oc2nc3sccn3c2[N+](=O)[O-])cc1. The number of imidazole rings is 1. The summed E-state index contributed by atoms with van der Waals surface area (Å²) in [6.07, 6.45) is 1.61. The molecule has 21 heavy (non-hydrogen) atoms. The normalized spacial score (nSPS) is 11.2. The summed E-state index contributed by atoms with van der Waals surface area (Å²) in [5, 5.41) is 12.9. The first-order valence-electron chi connectivity index (χ1n) is 6.44. The number of benzene rings is 1. The van der Waals surface area contributed by atoms with Crippen LogP contribution >= 0.6 is 11.3 Å². The molecule has 0 N–H and O–H groups in total. The number of hydrogen-bond acceptors (Lipinski definition) is 5.